The number of hydrogen-bond acceptors (Lipinski definition) is 4. The summed E-state index contributed by atoms with van der Waals surface area (Å²) in [4.78, 5) is 6.51. The van der Waals surface area contributed by atoms with Crippen molar-refractivity contribution in [3.8, 4) is 0 Å². The van der Waals surface area contributed by atoms with Crippen molar-refractivity contribution in [3.63, 3.8) is 0 Å². The van der Waals surface area contributed by atoms with Gasteiger partial charge in [-0.05, 0) is 31.8 Å². The number of rotatable bonds is 4. The van der Waals surface area contributed by atoms with Crippen LogP contribution in [0.3, 0.4) is 0 Å². The lowest BCUT2D eigenvalue weighted by molar-refractivity contribution is 0.0528. The third-order valence-corrected chi connectivity index (χ3v) is 4.87. The van der Waals surface area contributed by atoms with E-state index in [-0.39, 0.29) is 6.04 Å². The maximum absolute atomic E-state index is 6.22. The lowest BCUT2D eigenvalue weighted by Gasteiger charge is -2.43. The van der Waals surface area contributed by atoms with E-state index in [1.807, 2.05) is 11.3 Å². The normalized spacial score (nSPS) is 26.1. The number of hydrogen-bond donors (Lipinski definition) is 1. The Morgan fingerprint density at radius 2 is 2.28 bits per heavy atom. The highest BCUT2D eigenvalue weighted by Crippen LogP contribution is 2.29. The molecule has 4 heteroatoms. The van der Waals surface area contributed by atoms with Crippen LogP contribution < -0.4 is 5.73 Å². The Labute approximate surface area is 115 Å². The topological polar surface area (TPSA) is 32.5 Å². The molecular weight excluding hydrogens is 242 g/mol. The SMILES string of the molecule is CCN1CCN(C(c2cccs2)C(C)N)CC1C. The fourth-order valence-corrected chi connectivity index (χ4v) is 3.95. The third-order valence-electron chi connectivity index (χ3n) is 3.93. The van der Waals surface area contributed by atoms with Gasteiger partial charge in [-0.2, -0.15) is 0 Å². The summed E-state index contributed by atoms with van der Waals surface area (Å²) in [5.74, 6) is 0. The molecule has 1 saturated heterocycles. The van der Waals surface area contributed by atoms with Gasteiger partial charge < -0.3 is 5.73 Å². The predicted molar refractivity (Wildman–Crippen MR) is 79.0 cm³/mol. The minimum atomic E-state index is 0.184. The van der Waals surface area contributed by atoms with Gasteiger partial charge in [0.15, 0.2) is 0 Å². The molecule has 2 N–H and O–H groups in total. The molecule has 0 saturated carbocycles. The Hall–Kier alpha value is -0.420. The molecule has 0 amide bonds. The zero-order chi connectivity index (χ0) is 13.1. The van der Waals surface area contributed by atoms with E-state index < -0.39 is 0 Å². The lowest BCUT2D eigenvalue weighted by Crippen LogP contribution is -2.54. The van der Waals surface area contributed by atoms with Gasteiger partial charge in [0.2, 0.25) is 0 Å². The van der Waals surface area contributed by atoms with Crippen molar-refractivity contribution < 1.29 is 0 Å². The van der Waals surface area contributed by atoms with Gasteiger partial charge in [0.25, 0.3) is 0 Å². The van der Waals surface area contributed by atoms with E-state index in [4.69, 9.17) is 5.73 Å². The molecule has 0 spiro atoms. The summed E-state index contributed by atoms with van der Waals surface area (Å²) in [6, 6.07) is 5.54. The summed E-state index contributed by atoms with van der Waals surface area (Å²) in [6.45, 7) is 11.3. The van der Waals surface area contributed by atoms with Crippen LogP contribution in [0.2, 0.25) is 0 Å². The molecule has 1 aliphatic rings. The Kier molecular flexibility index (Phi) is 4.78. The van der Waals surface area contributed by atoms with Crippen LogP contribution in [0.4, 0.5) is 0 Å². The van der Waals surface area contributed by atoms with Crippen molar-refractivity contribution in [1.29, 1.82) is 0 Å². The van der Waals surface area contributed by atoms with Gasteiger partial charge in [0, 0.05) is 36.6 Å². The number of nitrogens with zero attached hydrogens (tertiary/aromatic N) is 2. The van der Waals surface area contributed by atoms with Crippen LogP contribution >= 0.6 is 11.3 Å². The van der Waals surface area contributed by atoms with Crippen molar-refractivity contribution in [2.45, 2.75) is 38.9 Å². The molecule has 0 radical (unpaired) electrons. The van der Waals surface area contributed by atoms with Gasteiger partial charge in [-0.3, -0.25) is 9.80 Å². The molecule has 1 aliphatic heterocycles. The van der Waals surface area contributed by atoms with Crippen molar-refractivity contribution in [3.05, 3.63) is 22.4 Å². The van der Waals surface area contributed by atoms with Crippen molar-refractivity contribution in [2.24, 2.45) is 5.73 Å². The average molecular weight is 267 g/mol. The van der Waals surface area contributed by atoms with Crippen LogP contribution in [-0.2, 0) is 0 Å². The van der Waals surface area contributed by atoms with E-state index in [9.17, 15) is 0 Å². The van der Waals surface area contributed by atoms with E-state index in [0.29, 0.717) is 12.1 Å². The number of piperazine rings is 1. The molecular formula is C14H25N3S. The molecule has 3 unspecified atom stereocenters. The number of thiophene rings is 1. The van der Waals surface area contributed by atoms with E-state index in [0.717, 1.165) is 26.2 Å². The first kappa shape index (κ1) is 14.0. The highest BCUT2D eigenvalue weighted by Gasteiger charge is 2.30. The third kappa shape index (κ3) is 2.94. The highest BCUT2D eigenvalue weighted by atomic mass is 32.1. The first-order valence-corrected chi connectivity index (χ1v) is 7.78. The maximum Gasteiger partial charge on any atom is 0.0591 e. The fraction of sp³-hybridized carbons (Fsp3) is 0.714. The smallest absolute Gasteiger partial charge is 0.0591 e. The Morgan fingerprint density at radius 3 is 2.78 bits per heavy atom. The lowest BCUT2D eigenvalue weighted by atomic mass is 10.0. The van der Waals surface area contributed by atoms with Gasteiger partial charge in [-0.15, -0.1) is 11.3 Å². The minimum Gasteiger partial charge on any atom is -0.326 e. The monoisotopic (exact) mass is 267 g/mol. The van der Waals surface area contributed by atoms with Gasteiger partial charge in [0.05, 0.1) is 6.04 Å². The molecule has 1 fully saturated rings. The van der Waals surface area contributed by atoms with Gasteiger partial charge in [-0.25, -0.2) is 0 Å². The average Bonchev–Trinajstić information content (AvgIpc) is 2.82. The molecule has 2 heterocycles. The molecule has 1 aromatic rings. The predicted octanol–water partition coefficient (Wildman–Crippen LogP) is 2.16. The second-order valence-electron chi connectivity index (χ2n) is 5.29. The molecule has 3 nitrogen and oxygen atoms in total. The Morgan fingerprint density at radius 1 is 1.50 bits per heavy atom. The van der Waals surface area contributed by atoms with Crippen molar-refractivity contribution in [1.82, 2.24) is 9.80 Å². The van der Waals surface area contributed by atoms with Crippen LogP contribution in [-0.4, -0.2) is 48.1 Å². The molecule has 2 rings (SSSR count). The number of nitrogens with two attached hydrogens (primary N) is 1. The van der Waals surface area contributed by atoms with Crippen LogP contribution in [0.5, 0.6) is 0 Å². The summed E-state index contributed by atoms with van der Waals surface area (Å²) in [7, 11) is 0. The van der Waals surface area contributed by atoms with Gasteiger partial charge in [-0.1, -0.05) is 13.0 Å². The summed E-state index contributed by atoms with van der Waals surface area (Å²) in [5, 5.41) is 2.15. The second kappa shape index (κ2) is 6.15. The molecule has 18 heavy (non-hydrogen) atoms. The molecule has 3 atom stereocenters. The molecule has 1 aromatic heterocycles. The summed E-state index contributed by atoms with van der Waals surface area (Å²) >= 11 is 1.83. The molecule has 0 aliphatic carbocycles. The van der Waals surface area contributed by atoms with E-state index in [1.54, 1.807) is 0 Å². The van der Waals surface area contributed by atoms with E-state index in [2.05, 4.69) is 48.1 Å². The van der Waals surface area contributed by atoms with E-state index in [1.165, 1.54) is 4.88 Å². The largest absolute Gasteiger partial charge is 0.326 e. The maximum atomic E-state index is 6.22. The molecule has 0 bridgehead atoms. The quantitative estimate of drug-likeness (QED) is 0.907. The Bertz CT molecular complexity index is 350. The zero-order valence-corrected chi connectivity index (χ0v) is 12.5. The first-order valence-electron chi connectivity index (χ1n) is 6.90. The van der Waals surface area contributed by atoms with E-state index >= 15 is 0 Å². The summed E-state index contributed by atoms with van der Waals surface area (Å²) in [6.07, 6.45) is 0. The van der Waals surface area contributed by atoms with Crippen LogP contribution in [0, 0.1) is 0 Å². The second-order valence-corrected chi connectivity index (χ2v) is 6.27. The Balaban J connectivity index is 2.09. The zero-order valence-electron chi connectivity index (χ0n) is 11.7. The first-order chi connectivity index (χ1) is 8.63. The van der Waals surface area contributed by atoms with Crippen molar-refractivity contribution >= 4 is 11.3 Å². The summed E-state index contributed by atoms with van der Waals surface area (Å²) < 4.78 is 0. The van der Waals surface area contributed by atoms with Gasteiger partial charge >= 0.3 is 0 Å². The van der Waals surface area contributed by atoms with Crippen LogP contribution in [0.15, 0.2) is 17.5 Å². The van der Waals surface area contributed by atoms with Crippen molar-refractivity contribution in [2.75, 3.05) is 26.2 Å². The molecule has 0 aromatic carbocycles. The highest BCUT2D eigenvalue weighted by molar-refractivity contribution is 7.10. The fourth-order valence-electron chi connectivity index (χ4n) is 2.98. The van der Waals surface area contributed by atoms with Gasteiger partial charge in [0.1, 0.15) is 0 Å². The minimum absolute atomic E-state index is 0.184. The summed E-state index contributed by atoms with van der Waals surface area (Å²) in [5.41, 5.74) is 6.22. The van der Waals surface area contributed by atoms with Crippen LogP contribution in [0.1, 0.15) is 31.7 Å². The number of likely N-dealkylation sites (N-methyl/N-ethyl adjacent to an activating group) is 1. The molecule has 102 valence electrons. The van der Waals surface area contributed by atoms with Crippen LogP contribution in [0.25, 0.3) is 0 Å². The standard InChI is InChI=1S/C14H25N3S/c1-4-16-7-8-17(10-11(16)2)14(12(3)15)13-6-5-9-18-13/h5-6,9,11-12,14H,4,7-8,10,15H2,1-3H3.